The van der Waals surface area contributed by atoms with Crippen LogP contribution < -0.4 is 20.7 Å². The van der Waals surface area contributed by atoms with Crippen molar-refractivity contribution in [1.82, 2.24) is 9.62 Å². The zero-order valence-corrected chi connectivity index (χ0v) is 27.1. The fourth-order valence-corrected chi connectivity index (χ4v) is 7.34. The first-order chi connectivity index (χ1) is 22.9. The Morgan fingerprint density at radius 3 is 2.46 bits per heavy atom. The first kappa shape index (κ1) is 35.1. The summed E-state index contributed by atoms with van der Waals surface area (Å²) in [6, 6.07) is 22.7. The van der Waals surface area contributed by atoms with E-state index in [0.717, 1.165) is 12.1 Å². The molecule has 14 heteroatoms. The number of hydrogen-bond acceptors (Lipinski definition) is 6. The number of anilines is 2. The Balaban J connectivity index is 1.36. The van der Waals surface area contributed by atoms with Crippen LogP contribution in [0.15, 0.2) is 102 Å². The number of nitrogens with one attached hydrogen (secondary N) is 3. The van der Waals surface area contributed by atoms with E-state index in [9.17, 15) is 26.4 Å². The average Bonchev–Trinajstić information content (AvgIpc) is 3.05. The molecule has 1 aliphatic heterocycles. The van der Waals surface area contributed by atoms with Crippen LogP contribution in [0.1, 0.15) is 17.5 Å². The number of nitrogens with zero attached hydrogens (tertiary/aromatic N) is 1. The van der Waals surface area contributed by atoms with Crippen LogP contribution in [0.25, 0.3) is 0 Å². The van der Waals surface area contributed by atoms with Crippen LogP contribution in [0.3, 0.4) is 0 Å². The third kappa shape index (κ3) is 9.25. The van der Waals surface area contributed by atoms with E-state index in [1.165, 1.54) is 40.7 Å². The lowest BCUT2D eigenvalue weighted by Gasteiger charge is -2.35. The number of ether oxygens (including phenoxy) is 1. The number of benzene rings is 4. The van der Waals surface area contributed by atoms with Crippen molar-refractivity contribution >= 4 is 38.9 Å². The summed E-state index contributed by atoms with van der Waals surface area (Å²) in [6.45, 7) is 1.08. The molecule has 3 N–H and O–H groups in total. The maximum atomic E-state index is 15.3. The molecule has 8 nitrogen and oxygen atoms in total. The number of alkyl halides is 3. The normalized spacial score (nSPS) is 16.2. The fourth-order valence-electron chi connectivity index (χ4n) is 5.54. The van der Waals surface area contributed by atoms with Crippen LogP contribution in [0.2, 0.25) is 5.02 Å². The second-order valence-corrected chi connectivity index (χ2v) is 13.5. The smallest absolute Gasteiger partial charge is 0.406 e. The topological polar surface area (TPSA) is 99.8 Å². The van der Waals surface area contributed by atoms with Crippen LogP contribution in [0, 0.1) is 5.82 Å². The van der Waals surface area contributed by atoms with Crippen LogP contribution in [0.4, 0.5) is 28.9 Å². The summed E-state index contributed by atoms with van der Waals surface area (Å²) < 4.78 is 86.3. The summed E-state index contributed by atoms with van der Waals surface area (Å²) in [5.41, 5.74) is 1.28. The summed E-state index contributed by atoms with van der Waals surface area (Å²) in [6.07, 6.45) is -4.41. The molecular weight excluding hydrogens is 672 g/mol. The van der Waals surface area contributed by atoms with E-state index in [2.05, 4.69) is 20.7 Å². The zero-order valence-electron chi connectivity index (χ0n) is 25.5. The Bertz CT molecular complexity index is 1810. The average molecular weight is 705 g/mol. The molecule has 0 unspecified atom stereocenters. The number of halogens is 5. The van der Waals surface area contributed by atoms with Gasteiger partial charge in [-0.1, -0.05) is 54.1 Å². The number of amides is 1. The molecule has 0 aromatic heterocycles. The largest absolute Gasteiger partial charge is 0.573 e. The summed E-state index contributed by atoms with van der Waals surface area (Å²) in [4.78, 5) is 14.0. The Morgan fingerprint density at radius 2 is 1.73 bits per heavy atom. The Labute approximate surface area is 281 Å². The predicted molar refractivity (Wildman–Crippen MR) is 176 cm³/mol. The van der Waals surface area contributed by atoms with Crippen molar-refractivity contribution in [2.75, 3.05) is 30.3 Å². The maximum Gasteiger partial charge on any atom is 0.573 e. The van der Waals surface area contributed by atoms with E-state index in [-0.39, 0.29) is 47.6 Å². The number of carbonyl (C=O) groups is 1. The lowest BCUT2D eigenvalue weighted by atomic mass is 10.0. The van der Waals surface area contributed by atoms with Gasteiger partial charge in [-0.15, -0.1) is 13.2 Å². The predicted octanol–water partition coefficient (Wildman–Crippen LogP) is 6.63. The van der Waals surface area contributed by atoms with Crippen molar-refractivity contribution in [2.45, 2.75) is 42.6 Å². The van der Waals surface area contributed by atoms with E-state index in [4.69, 9.17) is 11.6 Å². The zero-order chi connectivity index (χ0) is 34.3. The summed E-state index contributed by atoms with van der Waals surface area (Å²) in [7, 11) is -3.80. The number of sulfonamides is 1. The summed E-state index contributed by atoms with van der Waals surface area (Å²) in [5.74, 6) is -1.62. The molecule has 0 bridgehead atoms. The van der Waals surface area contributed by atoms with Gasteiger partial charge in [-0.25, -0.2) is 12.8 Å². The van der Waals surface area contributed by atoms with E-state index < -0.39 is 45.9 Å². The van der Waals surface area contributed by atoms with Gasteiger partial charge in [0.05, 0.1) is 4.90 Å². The number of hydrogen-bond donors (Lipinski definition) is 3. The molecule has 1 heterocycles. The minimum atomic E-state index is -4.90. The molecular formula is C34H33ClF4N4O4S. The highest BCUT2D eigenvalue weighted by Gasteiger charge is 2.34. The Kier molecular flexibility index (Phi) is 11.3. The van der Waals surface area contributed by atoms with Crippen molar-refractivity contribution in [3.63, 3.8) is 0 Å². The second-order valence-electron chi connectivity index (χ2n) is 11.2. The van der Waals surface area contributed by atoms with E-state index in [1.54, 1.807) is 48.5 Å². The molecule has 0 saturated carbocycles. The molecule has 1 amide bonds. The highest BCUT2D eigenvalue weighted by Crippen LogP contribution is 2.28. The lowest BCUT2D eigenvalue weighted by Crippen LogP contribution is -2.53. The number of rotatable bonds is 12. The van der Waals surface area contributed by atoms with E-state index >= 15 is 4.39 Å². The van der Waals surface area contributed by atoms with Gasteiger partial charge in [-0.2, -0.15) is 4.31 Å². The molecule has 254 valence electrons. The monoisotopic (exact) mass is 704 g/mol. The van der Waals surface area contributed by atoms with Crippen LogP contribution in [-0.2, 0) is 27.7 Å². The number of carbonyl (C=O) groups excluding carboxylic acids is 1. The molecule has 5 rings (SSSR count). The van der Waals surface area contributed by atoms with Gasteiger partial charge in [0.25, 0.3) is 0 Å². The Hall–Kier alpha value is -4.17. The molecule has 0 spiro atoms. The minimum absolute atomic E-state index is 0.109. The van der Waals surface area contributed by atoms with Gasteiger partial charge in [-0.3, -0.25) is 4.79 Å². The molecule has 1 aliphatic rings. The van der Waals surface area contributed by atoms with Crippen molar-refractivity contribution in [1.29, 1.82) is 0 Å². The van der Waals surface area contributed by atoms with Gasteiger partial charge < -0.3 is 20.7 Å². The molecule has 1 saturated heterocycles. The number of piperazine rings is 1. The summed E-state index contributed by atoms with van der Waals surface area (Å²) >= 11 is 6.02. The van der Waals surface area contributed by atoms with E-state index in [1.807, 2.05) is 0 Å². The molecule has 0 radical (unpaired) electrons. The van der Waals surface area contributed by atoms with Crippen LogP contribution in [0.5, 0.6) is 5.75 Å². The third-order valence-corrected chi connectivity index (χ3v) is 10.0. The summed E-state index contributed by atoms with van der Waals surface area (Å²) in [5, 5.41) is 9.45. The van der Waals surface area contributed by atoms with Gasteiger partial charge in [0.15, 0.2) is 0 Å². The molecule has 2 atom stereocenters. The third-order valence-electron chi connectivity index (χ3n) is 7.83. The minimum Gasteiger partial charge on any atom is -0.406 e. The first-order valence-electron chi connectivity index (χ1n) is 15.1. The van der Waals surface area contributed by atoms with Crippen molar-refractivity contribution in [2.24, 2.45) is 0 Å². The van der Waals surface area contributed by atoms with E-state index in [0.29, 0.717) is 23.7 Å². The van der Waals surface area contributed by atoms with Gasteiger partial charge in [0, 0.05) is 60.1 Å². The van der Waals surface area contributed by atoms with Crippen LogP contribution >= 0.6 is 11.6 Å². The molecule has 4 aromatic carbocycles. The highest BCUT2D eigenvalue weighted by molar-refractivity contribution is 7.89. The van der Waals surface area contributed by atoms with Crippen molar-refractivity contribution < 1.29 is 35.5 Å². The van der Waals surface area contributed by atoms with Crippen molar-refractivity contribution in [3.8, 4) is 5.75 Å². The highest BCUT2D eigenvalue weighted by atomic mass is 35.5. The SMILES string of the molecule is O=C(Nc1cccc(F)c1CC[C@H]1CNCCN1S(=O)(=O)c1ccccc1)[C@H](Cc1ccc(Cl)cc1)Nc1cccc(OC(F)(F)F)c1. The standard InChI is InChI=1S/C34H33ClF4N4O4S/c35-24-14-12-23(13-15-24)20-32(41-25-6-4-7-27(21-25)47-34(37,38)39)33(44)42-31-11-5-10-30(36)29(31)17-16-26-22-40-18-19-43(26)48(45,46)28-8-2-1-3-9-28/h1-15,21,26,32,40-41H,16-20,22H2,(H,42,44)/t26-,32-/m0/s1. The maximum absolute atomic E-state index is 15.3. The molecule has 0 aliphatic carbocycles. The quantitative estimate of drug-likeness (QED) is 0.143. The fraction of sp³-hybridized carbons (Fsp3) is 0.265. The van der Waals surface area contributed by atoms with Gasteiger partial charge >= 0.3 is 6.36 Å². The van der Waals surface area contributed by atoms with Crippen LogP contribution in [-0.4, -0.2) is 56.7 Å². The molecule has 4 aromatic rings. The first-order valence-corrected chi connectivity index (χ1v) is 16.9. The molecule has 48 heavy (non-hydrogen) atoms. The lowest BCUT2D eigenvalue weighted by molar-refractivity contribution is -0.274. The molecule has 1 fully saturated rings. The van der Waals surface area contributed by atoms with Gasteiger partial charge in [0.2, 0.25) is 15.9 Å². The second kappa shape index (κ2) is 15.4. The van der Waals surface area contributed by atoms with Crippen molar-refractivity contribution in [3.05, 3.63) is 119 Å². The van der Waals surface area contributed by atoms with Gasteiger partial charge in [0.1, 0.15) is 17.6 Å². The Morgan fingerprint density at radius 1 is 1.00 bits per heavy atom. The van der Waals surface area contributed by atoms with Gasteiger partial charge in [-0.05, 0) is 66.9 Å².